The van der Waals surface area contributed by atoms with E-state index in [0.29, 0.717) is 26.1 Å². The molecule has 5 nitrogen and oxygen atoms in total. The summed E-state index contributed by atoms with van der Waals surface area (Å²) in [6.45, 7) is 1.68. The molecule has 0 radical (unpaired) electrons. The maximum atomic E-state index is 10.7. The van der Waals surface area contributed by atoms with Crippen LogP contribution in [0.15, 0.2) is 24.3 Å². The Kier molecular flexibility index (Phi) is 6.35. The van der Waals surface area contributed by atoms with Crippen LogP contribution in [-0.2, 0) is 11.3 Å². The molecule has 0 fully saturated rings. The summed E-state index contributed by atoms with van der Waals surface area (Å²) in [6, 6.07) is 6.72. The SMILES string of the molecule is COCC(O)CCNCc1ccc(C(=O)O)cc1. The summed E-state index contributed by atoms with van der Waals surface area (Å²) in [5.41, 5.74) is 1.30. The Hall–Kier alpha value is -1.43. The monoisotopic (exact) mass is 253 g/mol. The van der Waals surface area contributed by atoms with Gasteiger partial charge in [-0.25, -0.2) is 4.79 Å². The lowest BCUT2D eigenvalue weighted by Crippen LogP contribution is -2.23. The van der Waals surface area contributed by atoms with Crippen LogP contribution in [0.1, 0.15) is 22.3 Å². The van der Waals surface area contributed by atoms with Crippen molar-refractivity contribution in [2.24, 2.45) is 0 Å². The van der Waals surface area contributed by atoms with Crippen molar-refractivity contribution in [3.05, 3.63) is 35.4 Å². The number of ether oxygens (including phenoxy) is 1. The molecule has 0 heterocycles. The number of hydrogen-bond acceptors (Lipinski definition) is 4. The van der Waals surface area contributed by atoms with Gasteiger partial charge in [0.1, 0.15) is 0 Å². The first-order valence-electron chi connectivity index (χ1n) is 5.83. The normalized spacial score (nSPS) is 12.3. The number of nitrogens with one attached hydrogen (secondary N) is 1. The number of aliphatic hydroxyl groups is 1. The molecule has 18 heavy (non-hydrogen) atoms. The zero-order valence-corrected chi connectivity index (χ0v) is 10.4. The van der Waals surface area contributed by atoms with Gasteiger partial charge in [-0.05, 0) is 30.7 Å². The molecule has 0 amide bonds. The number of carboxylic acid groups (broad SMARTS) is 1. The molecule has 100 valence electrons. The van der Waals surface area contributed by atoms with Gasteiger partial charge in [0.25, 0.3) is 0 Å². The molecule has 0 saturated heterocycles. The van der Waals surface area contributed by atoms with Crippen LogP contribution in [0.4, 0.5) is 0 Å². The number of methoxy groups -OCH3 is 1. The number of hydrogen-bond donors (Lipinski definition) is 3. The van der Waals surface area contributed by atoms with E-state index in [1.807, 2.05) is 0 Å². The van der Waals surface area contributed by atoms with E-state index < -0.39 is 12.1 Å². The van der Waals surface area contributed by atoms with Gasteiger partial charge < -0.3 is 20.3 Å². The van der Waals surface area contributed by atoms with Gasteiger partial charge in [-0.1, -0.05) is 12.1 Å². The lowest BCUT2D eigenvalue weighted by molar-refractivity contribution is 0.0594. The van der Waals surface area contributed by atoms with Crippen molar-refractivity contribution in [2.45, 2.75) is 19.1 Å². The number of benzene rings is 1. The number of carbonyl (C=O) groups is 1. The second-order valence-electron chi connectivity index (χ2n) is 4.08. The van der Waals surface area contributed by atoms with Crippen molar-refractivity contribution in [1.29, 1.82) is 0 Å². The fourth-order valence-corrected chi connectivity index (χ4v) is 1.54. The minimum Gasteiger partial charge on any atom is -0.478 e. The Morgan fingerprint density at radius 1 is 1.39 bits per heavy atom. The van der Waals surface area contributed by atoms with E-state index in [1.54, 1.807) is 31.4 Å². The topological polar surface area (TPSA) is 78.8 Å². The van der Waals surface area contributed by atoms with Gasteiger partial charge in [0.2, 0.25) is 0 Å². The molecule has 1 aromatic carbocycles. The van der Waals surface area contributed by atoms with Crippen molar-refractivity contribution in [3.8, 4) is 0 Å². The van der Waals surface area contributed by atoms with E-state index in [4.69, 9.17) is 9.84 Å². The third-order valence-corrected chi connectivity index (χ3v) is 2.54. The largest absolute Gasteiger partial charge is 0.478 e. The molecule has 0 aliphatic heterocycles. The summed E-state index contributed by atoms with van der Waals surface area (Å²) >= 11 is 0. The van der Waals surface area contributed by atoms with Gasteiger partial charge in [-0.3, -0.25) is 0 Å². The molecule has 0 saturated carbocycles. The molecule has 1 aromatic rings. The second-order valence-corrected chi connectivity index (χ2v) is 4.08. The molecular weight excluding hydrogens is 234 g/mol. The minimum atomic E-state index is -0.919. The molecule has 5 heteroatoms. The quantitative estimate of drug-likeness (QED) is 0.599. The highest BCUT2D eigenvalue weighted by Gasteiger charge is 2.03. The van der Waals surface area contributed by atoms with E-state index in [-0.39, 0.29) is 5.56 Å². The fraction of sp³-hybridized carbons (Fsp3) is 0.462. The highest BCUT2D eigenvalue weighted by atomic mass is 16.5. The number of rotatable bonds is 8. The van der Waals surface area contributed by atoms with Crippen molar-refractivity contribution in [2.75, 3.05) is 20.3 Å². The maximum absolute atomic E-state index is 10.7. The fourth-order valence-electron chi connectivity index (χ4n) is 1.54. The smallest absolute Gasteiger partial charge is 0.335 e. The van der Waals surface area contributed by atoms with Crippen molar-refractivity contribution < 1.29 is 19.7 Å². The highest BCUT2D eigenvalue weighted by Crippen LogP contribution is 2.04. The summed E-state index contributed by atoms with van der Waals surface area (Å²) in [5, 5.41) is 21.3. The van der Waals surface area contributed by atoms with Crippen LogP contribution in [0.2, 0.25) is 0 Å². The predicted octanol–water partition coefficient (Wildman–Crippen LogP) is 0.872. The van der Waals surface area contributed by atoms with E-state index in [9.17, 15) is 9.90 Å². The first-order valence-corrected chi connectivity index (χ1v) is 5.83. The van der Waals surface area contributed by atoms with E-state index >= 15 is 0 Å². The molecule has 1 unspecified atom stereocenters. The third kappa shape index (κ3) is 5.27. The summed E-state index contributed by atoms with van der Waals surface area (Å²) in [4.78, 5) is 10.7. The Bertz CT molecular complexity index is 364. The van der Waals surface area contributed by atoms with E-state index in [1.165, 1.54) is 0 Å². The van der Waals surface area contributed by atoms with Gasteiger partial charge in [0.15, 0.2) is 0 Å². The Morgan fingerprint density at radius 3 is 2.61 bits per heavy atom. The number of aliphatic hydroxyl groups excluding tert-OH is 1. The molecule has 1 rings (SSSR count). The first kappa shape index (κ1) is 14.6. The molecule has 0 bridgehead atoms. The molecule has 1 atom stereocenters. The van der Waals surface area contributed by atoms with Crippen molar-refractivity contribution in [1.82, 2.24) is 5.32 Å². The lowest BCUT2D eigenvalue weighted by atomic mass is 10.1. The first-order chi connectivity index (χ1) is 8.63. The van der Waals surface area contributed by atoms with Crippen LogP contribution in [-0.4, -0.2) is 42.5 Å². The average Bonchev–Trinajstić information content (AvgIpc) is 2.35. The Morgan fingerprint density at radius 2 is 2.06 bits per heavy atom. The molecule has 0 spiro atoms. The molecule has 3 N–H and O–H groups in total. The summed E-state index contributed by atoms with van der Waals surface area (Å²) in [7, 11) is 1.56. The standard InChI is InChI=1S/C13H19NO4/c1-18-9-12(15)6-7-14-8-10-2-4-11(5-3-10)13(16)17/h2-5,12,14-15H,6-9H2,1H3,(H,16,17). The molecule has 0 aromatic heterocycles. The number of carboxylic acids is 1. The van der Waals surface area contributed by atoms with Crippen LogP contribution >= 0.6 is 0 Å². The lowest BCUT2D eigenvalue weighted by Gasteiger charge is -2.10. The minimum absolute atomic E-state index is 0.286. The van der Waals surface area contributed by atoms with E-state index in [2.05, 4.69) is 5.32 Å². The van der Waals surface area contributed by atoms with Crippen LogP contribution in [0.5, 0.6) is 0 Å². The average molecular weight is 253 g/mol. The van der Waals surface area contributed by atoms with Gasteiger partial charge in [0.05, 0.1) is 18.3 Å². The zero-order valence-electron chi connectivity index (χ0n) is 10.4. The van der Waals surface area contributed by atoms with Crippen LogP contribution < -0.4 is 5.32 Å². The van der Waals surface area contributed by atoms with Gasteiger partial charge >= 0.3 is 5.97 Å². The molecule has 0 aliphatic rings. The van der Waals surface area contributed by atoms with Gasteiger partial charge in [0, 0.05) is 13.7 Å². The Labute approximate surface area is 106 Å². The zero-order chi connectivity index (χ0) is 13.4. The summed E-state index contributed by atoms with van der Waals surface area (Å²) in [5.74, 6) is -0.919. The number of aromatic carboxylic acids is 1. The maximum Gasteiger partial charge on any atom is 0.335 e. The highest BCUT2D eigenvalue weighted by molar-refractivity contribution is 5.87. The third-order valence-electron chi connectivity index (χ3n) is 2.54. The van der Waals surface area contributed by atoms with Crippen LogP contribution in [0.3, 0.4) is 0 Å². The summed E-state index contributed by atoms with van der Waals surface area (Å²) < 4.78 is 4.82. The van der Waals surface area contributed by atoms with Gasteiger partial charge in [-0.15, -0.1) is 0 Å². The molecule has 0 aliphatic carbocycles. The predicted molar refractivity (Wildman–Crippen MR) is 67.6 cm³/mol. The van der Waals surface area contributed by atoms with Crippen molar-refractivity contribution in [3.63, 3.8) is 0 Å². The summed E-state index contributed by atoms with van der Waals surface area (Å²) in [6.07, 6.45) is 0.179. The van der Waals surface area contributed by atoms with Crippen LogP contribution in [0.25, 0.3) is 0 Å². The van der Waals surface area contributed by atoms with Crippen LogP contribution in [0, 0.1) is 0 Å². The van der Waals surface area contributed by atoms with E-state index in [0.717, 1.165) is 5.56 Å². The second kappa shape index (κ2) is 7.81. The van der Waals surface area contributed by atoms with Crippen molar-refractivity contribution >= 4 is 5.97 Å². The Balaban J connectivity index is 2.25. The molecular formula is C13H19NO4. The van der Waals surface area contributed by atoms with Gasteiger partial charge in [-0.2, -0.15) is 0 Å².